The Morgan fingerprint density at radius 2 is 2.20 bits per heavy atom. The topological polar surface area (TPSA) is 37.0 Å². The highest BCUT2D eigenvalue weighted by molar-refractivity contribution is 5.04. The summed E-state index contributed by atoms with van der Waals surface area (Å²) in [4.78, 5) is 3.97. The van der Waals surface area contributed by atoms with Gasteiger partial charge in [-0.1, -0.05) is 0 Å². The van der Waals surface area contributed by atoms with E-state index in [4.69, 9.17) is 0 Å². The molecular formula is C11H16FN3. The normalized spacial score (nSPS) is 15.5. The van der Waals surface area contributed by atoms with E-state index in [1.807, 2.05) is 0 Å². The molecule has 1 fully saturated rings. The van der Waals surface area contributed by atoms with Gasteiger partial charge >= 0.3 is 0 Å². The first-order chi connectivity index (χ1) is 7.34. The van der Waals surface area contributed by atoms with Crippen LogP contribution in [-0.2, 0) is 6.54 Å². The van der Waals surface area contributed by atoms with Gasteiger partial charge in [0.05, 0.1) is 11.9 Å². The molecule has 1 heterocycles. The molecule has 2 rings (SSSR count). The van der Waals surface area contributed by atoms with Crippen molar-refractivity contribution in [2.45, 2.75) is 25.4 Å². The minimum atomic E-state index is -0.283. The Kier molecular flexibility index (Phi) is 3.64. The van der Waals surface area contributed by atoms with Gasteiger partial charge in [0, 0.05) is 25.7 Å². The zero-order valence-electron chi connectivity index (χ0n) is 8.67. The minimum absolute atomic E-state index is 0.283. The Morgan fingerprint density at radius 1 is 1.33 bits per heavy atom. The number of nitrogens with zero attached hydrogens (tertiary/aromatic N) is 1. The van der Waals surface area contributed by atoms with Crippen molar-refractivity contribution in [2.75, 3.05) is 13.1 Å². The quantitative estimate of drug-likeness (QED) is 0.688. The number of aromatic nitrogens is 1. The number of hydrogen-bond acceptors (Lipinski definition) is 3. The zero-order valence-corrected chi connectivity index (χ0v) is 8.67. The lowest BCUT2D eigenvalue weighted by atomic mass is 10.3. The first-order valence-electron chi connectivity index (χ1n) is 5.39. The summed E-state index contributed by atoms with van der Waals surface area (Å²) < 4.78 is 12.5. The van der Waals surface area contributed by atoms with Gasteiger partial charge in [0.1, 0.15) is 5.82 Å². The molecule has 0 amide bonds. The van der Waals surface area contributed by atoms with Crippen LogP contribution in [0.15, 0.2) is 18.3 Å². The molecule has 0 bridgehead atoms. The Bertz CT molecular complexity index is 295. The van der Waals surface area contributed by atoms with Crippen LogP contribution in [0.2, 0.25) is 0 Å². The molecule has 0 aliphatic heterocycles. The lowest BCUT2D eigenvalue weighted by molar-refractivity contribution is 0.595. The average molecular weight is 209 g/mol. The third kappa shape index (κ3) is 3.93. The summed E-state index contributed by atoms with van der Waals surface area (Å²) in [5.74, 6) is -0.283. The fraction of sp³-hybridized carbons (Fsp3) is 0.545. The van der Waals surface area contributed by atoms with Crippen LogP contribution in [0.4, 0.5) is 4.39 Å². The molecule has 1 aliphatic carbocycles. The molecule has 0 atom stereocenters. The van der Waals surface area contributed by atoms with Gasteiger partial charge in [0.15, 0.2) is 0 Å². The van der Waals surface area contributed by atoms with Gasteiger partial charge in [-0.05, 0) is 25.0 Å². The predicted octanol–water partition coefficient (Wildman–Crippen LogP) is 1.06. The van der Waals surface area contributed by atoms with Crippen LogP contribution >= 0.6 is 0 Å². The number of nitrogens with one attached hydrogen (secondary N) is 2. The summed E-state index contributed by atoms with van der Waals surface area (Å²) in [6.45, 7) is 2.62. The first kappa shape index (κ1) is 10.5. The largest absolute Gasteiger partial charge is 0.313 e. The summed E-state index contributed by atoms with van der Waals surface area (Å²) in [6, 6.07) is 3.90. The van der Waals surface area contributed by atoms with E-state index in [0.717, 1.165) is 24.8 Å². The molecule has 0 saturated heterocycles. The summed E-state index contributed by atoms with van der Waals surface area (Å²) in [5, 5.41) is 6.67. The summed E-state index contributed by atoms with van der Waals surface area (Å²) >= 11 is 0. The van der Waals surface area contributed by atoms with Crippen molar-refractivity contribution in [3.8, 4) is 0 Å². The number of pyridine rings is 1. The van der Waals surface area contributed by atoms with Crippen molar-refractivity contribution in [3.63, 3.8) is 0 Å². The lowest BCUT2D eigenvalue weighted by Gasteiger charge is -2.04. The standard InChI is InChI=1S/C11H16FN3/c12-9-1-2-11(15-7-9)8-13-5-6-14-10-3-4-10/h1-2,7,10,13-14H,3-6,8H2. The van der Waals surface area contributed by atoms with Gasteiger partial charge in [-0.15, -0.1) is 0 Å². The second-order valence-electron chi connectivity index (χ2n) is 3.87. The molecule has 4 heteroatoms. The molecule has 1 aliphatic rings. The van der Waals surface area contributed by atoms with Gasteiger partial charge in [-0.2, -0.15) is 0 Å². The number of hydrogen-bond donors (Lipinski definition) is 2. The molecule has 0 unspecified atom stereocenters. The molecule has 2 N–H and O–H groups in total. The maximum absolute atomic E-state index is 12.5. The highest BCUT2D eigenvalue weighted by Gasteiger charge is 2.19. The minimum Gasteiger partial charge on any atom is -0.313 e. The van der Waals surface area contributed by atoms with Crippen LogP contribution in [0.1, 0.15) is 18.5 Å². The fourth-order valence-electron chi connectivity index (χ4n) is 1.38. The summed E-state index contributed by atoms with van der Waals surface area (Å²) in [7, 11) is 0. The number of rotatable bonds is 6. The van der Waals surface area contributed by atoms with Crippen LogP contribution in [0.5, 0.6) is 0 Å². The summed E-state index contributed by atoms with van der Waals surface area (Å²) in [5.41, 5.74) is 0.878. The third-order valence-electron chi connectivity index (χ3n) is 2.41. The van der Waals surface area contributed by atoms with E-state index in [0.29, 0.717) is 6.54 Å². The van der Waals surface area contributed by atoms with Gasteiger partial charge in [-0.3, -0.25) is 4.98 Å². The van der Waals surface area contributed by atoms with Crippen molar-refractivity contribution < 1.29 is 4.39 Å². The molecule has 0 spiro atoms. The van der Waals surface area contributed by atoms with E-state index in [9.17, 15) is 4.39 Å². The fourth-order valence-corrected chi connectivity index (χ4v) is 1.38. The maximum atomic E-state index is 12.5. The van der Waals surface area contributed by atoms with E-state index in [1.54, 1.807) is 6.07 Å². The Balaban J connectivity index is 1.58. The second-order valence-corrected chi connectivity index (χ2v) is 3.87. The predicted molar refractivity (Wildman–Crippen MR) is 56.9 cm³/mol. The van der Waals surface area contributed by atoms with Gasteiger partial charge in [0.25, 0.3) is 0 Å². The van der Waals surface area contributed by atoms with E-state index < -0.39 is 0 Å². The van der Waals surface area contributed by atoms with Crippen LogP contribution in [0, 0.1) is 5.82 Å². The number of halogens is 1. The Hall–Kier alpha value is -1.00. The molecule has 15 heavy (non-hydrogen) atoms. The van der Waals surface area contributed by atoms with Crippen molar-refractivity contribution in [2.24, 2.45) is 0 Å². The van der Waals surface area contributed by atoms with E-state index in [-0.39, 0.29) is 5.82 Å². The molecule has 0 aromatic carbocycles. The van der Waals surface area contributed by atoms with Gasteiger partial charge in [0.2, 0.25) is 0 Å². The molecule has 1 aromatic rings. The molecule has 82 valence electrons. The summed E-state index contributed by atoms with van der Waals surface area (Å²) in [6.07, 6.45) is 3.89. The zero-order chi connectivity index (χ0) is 10.5. The van der Waals surface area contributed by atoms with Crippen molar-refractivity contribution in [1.82, 2.24) is 15.6 Å². The Morgan fingerprint density at radius 3 is 2.87 bits per heavy atom. The van der Waals surface area contributed by atoms with E-state index >= 15 is 0 Å². The van der Waals surface area contributed by atoms with Crippen molar-refractivity contribution >= 4 is 0 Å². The molecule has 0 radical (unpaired) electrons. The van der Waals surface area contributed by atoms with Crippen LogP contribution in [0.25, 0.3) is 0 Å². The maximum Gasteiger partial charge on any atom is 0.141 e. The second kappa shape index (κ2) is 5.19. The smallest absolute Gasteiger partial charge is 0.141 e. The van der Waals surface area contributed by atoms with Crippen LogP contribution in [-0.4, -0.2) is 24.1 Å². The van der Waals surface area contributed by atoms with Gasteiger partial charge in [-0.25, -0.2) is 4.39 Å². The highest BCUT2D eigenvalue weighted by atomic mass is 19.1. The first-order valence-corrected chi connectivity index (χ1v) is 5.39. The third-order valence-corrected chi connectivity index (χ3v) is 2.41. The van der Waals surface area contributed by atoms with Gasteiger partial charge < -0.3 is 10.6 Å². The van der Waals surface area contributed by atoms with Crippen molar-refractivity contribution in [3.05, 3.63) is 29.8 Å². The SMILES string of the molecule is Fc1ccc(CNCCNC2CC2)nc1. The highest BCUT2D eigenvalue weighted by Crippen LogP contribution is 2.17. The lowest BCUT2D eigenvalue weighted by Crippen LogP contribution is -2.28. The van der Waals surface area contributed by atoms with E-state index in [1.165, 1.54) is 25.1 Å². The average Bonchev–Trinajstić information content (AvgIpc) is 3.04. The van der Waals surface area contributed by atoms with Crippen LogP contribution in [0.3, 0.4) is 0 Å². The van der Waals surface area contributed by atoms with Crippen LogP contribution < -0.4 is 10.6 Å². The molecule has 1 saturated carbocycles. The molecular weight excluding hydrogens is 193 g/mol. The Labute approximate surface area is 89.1 Å². The molecule has 1 aromatic heterocycles. The monoisotopic (exact) mass is 209 g/mol. The van der Waals surface area contributed by atoms with Crippen molar-refractivity contribution in [1.29, 1.82) is 0 Å². The molecule has 3 nitrogen and oxygen atoms in total. The van der Waals surface area contributed by atoms with E-state index in [2.05, 4.69) is 15.6 Å².